The van der Waals surface area contributed by atoms with Gasteiger partial charge in [-0.05, 0) is 45.2 Å². The van der Waals surface area contributed by atoms with Gasteiger partial charge >= 0.3 is 0 Å². The topological polar surface area (TPSA) is 54.0 Å². The number of aryl methyl sites for hydroxylation is 1. The van der Waals surface area contributed by atoms with E-state index < -0.39 is 0 Å². The molecule has 0 radical (unpaired) electrons. The molecule has 0 fully saturated rings. The van der Waals surface area contributed by atoms with E-state index in [0.29, 0.717) is 5.56 Å². The Morgan fingerprint density at radius 2 is 1.87 bits per heavy atom. The zero-order valence-electron chi connectivity index (χ0n) is 14.1. The lowest BCUT2D eigenvalue weighted by Gasteiger charge is -2.20. The summed E-state index contributed by atoms with van der Waals surface area (Å²) in [4.78, 5) is 16.3. The number of nitrogens with zero attached hydrogens (tertiary/aromatic N) is 1. The fraction of sp³-hybridized carbons (Fsp3) is 0.368. The largest absolute Gasteiger partial charge is 0.384 e. The van der Waals surface area contributed by atoms with Gasteiger partial charge in [0.25, 0.3) is 5.91 Å². The Morgan fingerprint density at radius 3 is 2.57 bits per heavy atom. The Balaban J connectivity index is 1.84. The summed E-state index contributed by atoms with van der Waals surface area (Å²) < 4.78 is 0. The third kappa shape index (κ3) is 6.10. The van der Waals surface area contributed by atoms with Crippen LogP contribution in [0.1, 0.15) is 43.1 Å². The number of rotatable bonds is 6. The highest BCUT2D eigenvalue weighted by molar-refractivity contribution is 5.95. The monoisotopic (exact) mass is 311 g/mol. The Kier molecular flexibility index (Phi) is 5.74. The molecule has 0 unspecified atom stereocenters. The van der Waals surface area contributed by atoms with Crippen molar-refractivity contribution in [2.45, 2.75) is 39.2 Å². The van der Waals surface area contributed by atoms with E-state index in [0.717, 1.165) is 25.1 Å². The maximum absolute atomic E-state index is 12.1. The number of aromatic nitrogens is 1. The third-order valence-corrected chi connectivity index (χ3v) is 3.30. The maximum atomic E-state index is 12.1. The van der Waals surface area contributed by atoms with Crippen LogP contribution in [-0.2, 0) is 6.42 Å². The molecule has 23 heavy (non-hydrogen) atoms. The summed E-state index contributed by atoms with van der Waals surface area (Å²) in [6.07, 6.45) is 5.40. The molecule has 2 aromatic rings. The lowest BCUT2D eigenvalue weighted by atomic mass is 10.1. The molecular weight excluding hydrogens is 286 g/mol. The van der Waals surface area contributed by atoms with Gasteiger partial charge in [0.15, 0.2) is 0 Å². The number of hydrogen-bond acceptors (Lipinski definition) is 3. The third-order valence-electron chi connectivity index (χ3n) is 3.30. The van der Waals surface area contributed by atoms with Gasteiger partial charge in [0.2, 0.25) is 0 Å². The van der Waals surface area contributed by atoms with Crippen LogP contribution in [0.3, 0.4) is 0 Å². The number of nitrogens with one attached hydrogen (secondary N) is 2. The molecule has 0 saturated heterocycles. The summed E-state index contributed by atoms with van der Waals surface area (Å²) in [5, 5.41) is 6.28. The minimum atomic E-state index is -0.254. The molecule has 1 aromatic carbocycles. The predicted molar refractivity (Wildman–Crippen MR) is 94.7 cm³/mol. The molecule has 0 saturated carbocycles. The molecular formula is C19H25N3O. The van der Waals surface area contributed by atoms with E-state index in [4.69, 9.17) is 0 Å². The number of hydrogen-bond donors (Lipinski definition) is 2. The van der Waals surface area contributed by atoms with Gasteiger partial charge in [-0.25, -0.2) is 0 Å². The smallest absolute Gasteiger partial charge is 0.253 e. The number of amides is 1. The Bertz CT molecular complexity index is 633. The molecule has 4 nitrogen and oxygen atoms in total. The molecule has 0 aliphatic heterocycles. The first-order chi connectivity index (χ1) is 10.9. The van der Waals surface area contributed by atoms with Crippen LogP contribution in [0.15, 0.2) is 48.8 Å². The van der Waals surface area contributed by atoms with Crippen LogP contribution in [0.2, 0.25) is 0 Å². The lowest BCUT2D eigenvalue weighted by molar-refractivity contribution is 0.0919. The lowest BCUT2D eigenvalue weighted by Crippen LogP contribution is -2.40. The number of pyridine rings is 1. The second kappa shape index (κ2) is 7.77. The second-order valence-corrected chi connectivity index (χ2v) is 6.68. The van der Waals surface area contributed by atoms with Crippen LogP contribution in [-0.4, -0.2) is 23.0 Å². The molecule has 0 aliphatic rings. The van der Waals surface area contributed by atoms with Crippen LogP contribution in [0.4, 0.5) is 5.69 Å². The highest BCUT2D eigenvalue weighted by Crippen LogP contribution is 2.11. The standard InChI is InChI=1S/C19H25N3O/c1-19(2,3)22-18(23)16-12-17(14-20-13-16)21-11-7-10-15-8-5-4-6-9-15/h4-6,8-9,12-14,21H,7,10-11H2,1-3H3,(H,22,23). The molecule has 4 heteroatoms. The van der Waals surface area contributed by atoms with Crippen molar-refractivity contribution in [3.05, 3.63) is 59.9 Å². The minimum Gasteiger partial charge on any atom is -0.384 e. The van der Waals surface area contributed by atoms with Crippen molar-refractivity contribution in [1.82, 2.24) is 10.3 Å². The van der Waals surface area contributed by atoms with E-state index >= 15 is 0 Å². The van der Waals surface area contributed by atoms with Crippen molar-refractivity contribution in [3.8, 4) is 0 Å². The molecule has 0 bridgehead atoms. The molecule has 122 valence electrons. The van der Waals surface area contributed by atoms with Crippen LogP contribution in [0, 0.1) is 0 Å². The van der Waals surface area contributed by atoms with E-state index in [9.17, 15) is 4.79 Å². The normalized spacial score (nSPS) is 11.1. The van der Waals surface area contributed by atoms with Crippen LogP contribution < -0.4 is 10.6 Å². The highest BCUT2D eigenvalue weighted by Gasteiger charge is 2.15. The van der Waals surface area contributed by atoms with Gasteiger partial charge in [0, 0.05) is 24.5 Å². The molecule has 2 rings (SSSR count). The summed E-state index contributed by atoms with van der Waals surface area (Å²) in [5.41, 5.74) is 2.54. The fourth-order valence-corrected chi connectivity index (χ4v) is 2.24. The molecule has 1 heterocycles. The van der Waals surface area contributed by atoms with Gasteiger partial charge in [-0.2, -0.15) is 0 Å². The SMILES string of the molecule is CC(C)(C)NC(=O)c1cncc(NCCCc2ccccc2)c1. The van der Waals surface area contributed by atoms with Gasteiger partial charge in [-0.1, -0.05) is 30.3 Å². The summed E-state index contributed by atoms with van der Waals surface area (Å²) in [6, 6.07) is 12.3. The second-order valence-electron chi connectivity index (χ2n) is 6.68. The maximum Gasteiger partial charge on any atom is 0.253 e. The Morgan fingerprint density at radius 1 is 1.13 bits per heavy atom. The van der Waals surface area contributed by atoms with Crippen LogP contribution in [0.5, 0.6) is 0 Å². The molecule has 0 atom stereocenters. The number of anilines is 1. The number of carbonyl (C=O) groups excluding carboxylic acids is 1. The van der Waals surface area contributed by atoms with Crippen LogP contribution >= 0.6 is 0 Å². The van der Waals surface area contributed by atoms with Gasteiger partial charge in [-0.15, -0.1) is 0 Å². The van der Waals surface area contributed by atoms with Crippen LogP contribution in [0.25, 0.3) is 0 Å². The highest BCUT2D eigenvalue weighted by atomic mass is 16.1. The average molecular weight is 311 g/mol. The summed E-state index contributed by atoms with van der Waals surface area (Å²) in [7, 11) is 0. The van der Waals surface area contributed by atoms with Crippen molar-refractivity contribution in [2.24, 2.45) is 0 Å². The first-order valence-corrected chi connectivity index (χ1v) is 7.99. The number of benzene rings is 1. The summed E-state index contributed by atoms with van der Waals surface area (Å²) >= 11 is 0. The van der Waals surface area contributed by atoms with Gasteiger partial charge < -0.3 is 10.6 Å². The molecule has 2 N–H and O–H groups in total. The number of carbonyl (C=O) groups is 1. The van der Waals surface area contributed by atoms with Crippen molar-refractivity contribution >= 4 is 11.6 Å². The van der Waals surface area contributed by atoms with Gasteiger partial charge in [0.05, 0.1) is 11.3 Å². The first kappa shape index (κ1) is 17.0. The van der Waals surface area contributed by atoms with E-state index in [2.05, 4.69) is 39.9 Å². The summed E-state index contributed by atoms with van der Waals surface area (Å²) in [6.45, 7) is 6.74. The molecule has 0 aliphatic carbocycles. The van der Waals surface area contributed by atoms with Gasteiger partial charge in [-0.3, -0.25) is 9.78 Å². The zero-order valence-corrected chi connectivity index (χ0v) is 14.1. The van der Waals surface area contributed by atoms with Gasteiger partial charge in [0.1, 0.15) is 0 Å². The van der Waals surface area contributed by atoms with E-state index in [1.165, 1.54) is 5.56 Å². The van der Waals surface area contributed by atoms with E-state index in [-0.39, 0.29) is 11.4 Å². The quantitative estimate of drug-likeness (QED) is 0.801. The zero-order chi connectivity index (χ0) is 16.7. The Hall–Kier alpha value is -2.36. The molecule has 1 amide bonds. The minimum absolute atomic E-state index is 0.0991. The van der Waals surface area contributed by atoms with E-state index in [1.807, 2.05) is 32.9 Å². The van der Waals surface area contributed by atoms with Crippen molar-refractivity contribution in [3.63, 3.8) is 0 Å². The fourth-order valence-electron chi connectivity index (χ4n) is 2.24. The van der Waals surface area contributed by atoms with Crippen molar-refractivity contribution in [2.75, 3.05) is 11.9 Å². The Labute approximate surface area is 138 Å². The average Bonchev–Trinajstić information content (AvgIpc) is 2.51. The van der Waals surface area contributed by atoms with Crippen molar-refractivity contribution < 1.29 is 4.79 Å². The predicted octanol–water partition coefficient (Wildman–Crippen LogP) is 3.65. The molecule has 0 spiro atoms. The first-order valence-electron chi connectivity index (χ1n) is 7.99. The summed E-state index contributed by atoms with van der Waals surface area (Å²) in [5.74, 6) is -0.0991. The molecule has 1 aromatic heterocycles. The van der Waals surface area contributed by atoms with Crippen molar-refractivity contribution in [1.29, 1.82) is 0 Å². The van der Waals surface area contributed by atoms with E-state index in [1.54, 1.807) is 12.4 Å².